The van der Waals surface area contributed by atoms with Crippen LogP contribution in [-0.4, -0.2) is 15.9 Å². The highest BCUT2D eigenvalue weighted by Crippen LogP contribution is 2.29. The maximum Gasteiger partial charge on any atom is 0.376 e. The third-order valence-electron chi connectivity index (χ3n) is 4.00. The molecule has 0 amide bonds. The number of nitro groups is 1. The van der Waals surface area contributed by atoms with Gasteiger partial charge in [-0.25, -0.2) is 0 Å². The fourth-order valence-corrected chi connectivity index (χ4v) is 2.82. The molecular formula is C20H16N2O5. The van der Waals surface area contributed by atoms with Crippen LogP contribution in [0.15, 0.2) is 71.5 Å². The molecule has 0 radical (unpaired) electrons. The summed E-state index contributed by atoms with van der Waals surface area (Å²) in [5.74, 6) is -1.87. The van der Waals surface area contributed by atoms with Crippen LogP contribution in [0.5, 0.6) is 5.75 Å². The second-order valence-corrected chi connectivity index (χ2v) is 5.93. The van der Waals surface area contributed by atoms with Crippen LogP contribution in [0.4, 0.5) is 5.69 Å². The first kappa shape index (κ1) is 18.1. The third kappa shape index (κ3) is 3.92. The summed E-state index contributed by atoms with van der Waals surface area (Å²) in [5, 5.41) is 11.2. The molecule has 7 heteroatoms. The lowest BCUT2D eigenvalue weighted by atomic mass is 9.91. The van der Waals surface area contributed by atoms with Crippen molar-refractivity contribution in [1.82, 2.24) is 4.98 Å². The van der Waals surface area contributed by atoms with E-state index in [4.69, 9.17) is 4.74 Å². The first-order valence-corrected chi connectivity index (χ1v) is 8.17. The zero-order valence-corrected chi connectivity index (χ0v) is 14.4. The number of rotatable bonds is 5. The molecule has 136 valence electrons. The van der Waals surface area contributed by atoms with Gasteiger partial charge >= 0.3 is 17.2 Å². The zero-order chi connectivity index (χ0) is 19.4. The molecule has 27 heavy (non-hydrogen) atoms. The number of carbonyl (C=O) groups excluding carboxylic acids is 1. The third-order valence-corrected chi connectivity index (χ3v) is 4.00. The number of hydrogen-bond donors (Lipinski definition) is 1. The average Bonchev–Trinajstić information content (AvgIpc) is 2.62. The van der Waals surface area contributed by atoms with Crippen molar-refractivity contribution in [3.63, 3.8) is 0 Å². The van der Waals surface area contributed by atoms with Crippen molar-refractivity contribution in [3.8, 4) is 5.75 Å². The van der Waals surface area contributed by atoms with E-state index in [-0.39, 0.29) is 5.75 Å². The Bertz CT molecular complexity index is 990. The Morgan fingerprint density at radius 1 is 1.04 bits per heavy atom. The van der Waals surface area contributed by atoms with Crippen LogP contribution in [0.3, 0.4) is 0 Å². The summed E-state index contributed by atoms with van der Waals surface area (Å²) in [6.45, 7) is 1.55. The summed E-state index contributed by atoms with van der Waals surface area (Å²) in [6, 6.07) is 19.2. The Kier molecular flexibility index (Phi) is 5.12. The van der Waals surface area contributed by atoms with Gasteiger partial charge < -0.3 is 9.72 Å². The Hall–Kier alpha value is -3.74. The van der Waals surface area contributed by atoms with Gasteiger partial charge in [0, 0.05) is 11.8 Å². The smallest absolute Gasteiger partial charge is 0.376 e. The van der Waals surface area contributed by atoms with Crippen molar-refractivity contribution in [2.24, 2.45) is 0 Å². The Balaban J connectivity index is 2.05. The fourth-order valence-electron chi connectivity index (χ4n) is 2.82. The molecule has 3 rings (SSSR count). The fraction of sp³-hybridized carbons (Fsp3) is 0.100. The number of nitrogens with one attached hydrogen (secondary N) is 1. The molecule has 0 saturated heterocycles. The van der Waals surface area contributed by atoms with Gasteiger partial charge in [0.1, 0.15) is 5.92 Å². The van der Waals surface area contributed by atoms with E-state index in [1.807, 2.05) is 12.1 Å². The van der Waals surface area contributed by atoms with Crippen molar-refractivity contribution in [2.75, 3.05) is 0 Å². The normalized spacial score (nSPS) is 10.6. The summed E-state index contributed by atoms with van der Waals surface area (Å²) in [7, 11) is 0. The van der Waals surface area contributed by atoms with Gasteiger partial charge in [0.2, 0.25) is 5.75 Å². The number of aromatic nitrogens is 1. The van der Waals surface area contributed by atoms with Crippen LogP contribution in [-0.2, 0) is 4.79 Å². The number of aryl methyl sites for hydroxylation is 1. The first-order chi connectivity index (χ1) is 13.0. The molecule has 0 unspecified atom stereocenters. The minimum Gasteiger partial charge on any atom is -0.418 e. The Morgan fingerprint density at radius 3 is 2.04 bits per heavy atom. The first-order valence-electron chi connectivity index (χ1n) is 8.17. The summed E-state index contributed by atoms with van der Waals surface area (Å²) >= 11 is 0. The van der Waals surface area contributed by atoms with Gasteiger partial charge in [-0.05, 0) is 18.1 Å². The van der Waals surface area contributed by atoms with E-state index in [0.29, 0.717) is 16.8 Å². The maximum atomic E-state index is 13.0. The van der Waals surface area contributed by atoms with Crippen LogP contribution < -0.4 is 10.3 Å². The van der Waals surface area contributed by atoms with E-state index >= 15 is 0 Å². The molecule has 1 heterocycles. The topological polar surface area (TPSA) is 102 Å². The minimum atomic E-state index is -0.918. The van der Waals surface area contributed by atoms with Gasteiger partial charge in [-0.15, -0.1) is 0 Å². The molecule has 0 fully saturated rings. The van der Waals surface area contributed by atoms with E-state index in [1.54, 1.807) is 55.5 Å². The number of H-pyrrole nitrogens is 1. The van der Waals surface area contributed by atoms with Crippen LogP contribution in [0.1, 0.15) is 22.7 Å². The number of aromatic amines is 1. The van der Waals surface area contributed by atoms with Crippen LogP contribution in [0.25, 0.3) is 0 Å². The molecule has 2 aromatic carbocycles. The van der Waals surface area contributed by atoms with E-state index in [1.165, 1.54) is 6.07 Å². The molecule has 0 aliphatic carbocycles. The number of carbonyl (C=O) groups is 1. The molecule has 0 aliphatic heterocycles. The molecule has 1 N–H and O–H groups in total. The highest BCUT2D eigenvalue weighted by molar-refractivity contribution is 5.84. The second kappa shape index (κ2) is 7.65. The zero-order valence-electron chi connectivity index (χ0n) is 14.4. The van der Waals surface area contributed by atoms with E-state index in [9.17, 15) is 19.7 Å². The summed E-state index contributed by atoms with van der Waals surface area (Å²) in [5.41, 5.74) is -0.00667. The van der Waals surface area contributed by atoms with Crippen molar-refractivity contribution in [1.29, 1.82) is 0 Å². The lowest BCUT2D eigenvalue weighted by Crippen LogP contribution is -2.22. The summed E-state index contributed by atoms with van der Waals surface area (Å²) in [4.78, 5) is 37.6. The van der Waals surface area contributed by atoms with Crippen LogP contribution in [0.2, 0.25) is 0 Å². The maximum absolute atomic E-state index is 13.0. The minimum absolute atomic E-state index is 0.351. The predicted molar refractivity (Wildman–Crippen MR) is 98.8 cm³/mol. The van der Waals surface area contributed by atoms with Crippen molar-refractivity contribution in [2.45, 2.75) is 12.8 Å². The van der Waals surface area contributed by atoms with E-state index < -0.39 is 28.1 Å². The lowest BCUT2D eigenvalue weighted by molar-refractivity contribution is -0.387. The molecule has 1 aromatic heterocycles. The number of nitrogens with zero attached hydrogens (tertiary/aromatic N) is 1. The van der Waals surface area contributed by atoms with Crippen molar-refractivity contribution in [3.05, 3.63) is 104 Å². The predicted octanol–water partition coefficient (Wildman–Crippen LogP) is 3.33. The Morgan fingerprint density at radius 2 is 1.56 bits per heavy atom. The number of esters is 1. The van der Waals surface area contributed by atoms with E-state index in [2.05, 4.69) is 4.98 Å². The highest BCUT2D eigenvalue weighted by atomic mass is 16.6. The van der Waals surface area contributed by atoms with Crippen molar-refractivity contribution >= 4 is 11.7 Å². The largest absolute Gasteiger partial charge is 0.418 e. The lowest BCUT2D eigenvalue weighted by Gasteiger charge is -2.17. The van der Waals surface area contributed by atoms with Crippen LogP contribution in [0, 0.1) is 17.0 Å². The monoisotopic (exact) mass is 364 g/mol. The molecular weight excluding hydrogens is 348 g/mol. The van der Waals surface area contributed by atoms with E-state index in [0.717, 1.165) is 0 Å². The molecule has 0 bridgehead atoms. The standard InChI is InChI=1S/C20H16N2O5/c1-13-12-16(18(22(25)26)19(23)21-13)27-20(24)17(14-8-4-2-5-9-14)15-10-6-3-7-11-15/h2-12,17H,1H3,(H,21,23). The van der Waals surface area contributed by atoms with Gasteiger partial charge in [-0.3, -0.25) is 19.7 Å². The number of hydrogen-bond acceptors (Lipinski definition) is 5. The molecule has 0 aliphatic rings. The molecule has 0 saturated carbocycles. The second-order valence-electron chi connectivity index (χ2n) is 5.93. The van der Waals surface area contributed by atoms with Gasteiger partial charge in [0.25, 0.3) is 0 Å². The molecule has 0 spiro atoms. The molecule has 0 atom stereocenters. The average molecular weight is 364 g/mol. The summed E-state index contributed by atoms with van der Waals surface area (Å²) < 4.78 is 5.34. The van der Waals surface area contributed by atoms with Gasteiger partial charge in [0.05, 0.1) is 4.92 Å². The Labute approximate surface area is 154 Å². The highest BCUT2D eigenvalue weighted by Gasteiger charge is 2.29. The van der Waals surface area contributed by atoms with Gasteiger partial charge in [-0.1, -0.05) is 60.7 Å². The molecule has 7 nitrogen and oxygen atoms in total. The number of ether oxygens (including phenoxy) is 1. The summed E-state index contributed by atoms with van der Waals surface area (Å²) in [6.07, 6.45) is 0. The molecule has 3 aromatic rings. The van der Waals surface area contributed by atoms with Crippen LogP contribution >= 0.6 is 0 Å². The SMILES string of the molecule is Cc1cc(OC(=O)C(c2ccccc2)c2ccccc2)c([N+](=O)[O-])c(=O)[nH]1. The number of benzene rings is 2. The van der Waals surface area contributed by atoms with Gasteiger partial charge in [-0.2, -0.15) is 0 Å². The van der Waals surface area contributed by atoms with Crippen molar-refractivity contribution < 1.29 is 14.5 Å². The quantitative estimate of drug-likeness (QED) is 0.425. The number of pyridine rings is 1. The van der Waals surface area contributed by atoms with Gasteiger partial charge in [0.15, 0.2) is 0 Å².